The van der Waals surface area contributed by atoms with Gasteiger partial charge < -0.3 is 5.48 Å². The molecule has 0 aromatic rings. The van der Waals surface area contributed by atoms with Gasteiger partial charge in [0, 0.05) is 0 Å². The second kappa shape index (κ2) is 10.9. The zero-order valence-electron chi connectivity index (χ0n) is 1.73. The number of hydrogen-bond donors (Lipinski definition) is 1. The molecule has 0 aromatic heterocycles. The summed E-state index contributed by atoms with van der Waals surface area (Å²) in [5, 5.41) is 6.83. The van der Waals surface area contributed by atoms with Crippen LogP contribution in [-0.4, -0.2) is 10.7 Å². The molecule has 0 amide bonds. The van der Waals surface area contributed by atoms with Gasteiger partial charge in [0.05, 0.1) is 11.9 Å². The van der Waals surface area contributed by atoms with Crippen molar-refractivity contribution in [3.8, 4) is 0 Å². The first-order chi connectivity index (χ1) is 1.41. The summed E-state index contributed by atoms with van der Waals surface area (Å²) in [6, 6.07) is 0. The second-order valence-corrected chi connectivity index (χ2v) is 0.207. The van der Waals surface area contributed by atoms with Gasteiger partial charge in [-0.05, 0) is 0 Å². The van der Waals surface area contributed by atoms with E-state index in [-0.39, 0.29) is 5.48 Å². The Balaban J connectivity index is 0. The monoisotopic (exact) mass is 86.0 g/mol. The summed E-state index contributed by atoms with van der Waals surface area (Å²) in [6.07, 6.45) is 0. The molecule has 0 aliphatic rings. The summed E-state index contributed by atoms with van der Waals surface area (Å²) in [5.41, 5.74) is 0. The van der Waals surface area contributed by atoms with Crippen molar-refractivity contribution in [1.82, 2.24) is 0 Å². The van der Waals surface area contributed by atoms with Crippen LogP contribution < -0.4 is 0 Å². The molecule has 0 bridgehead atoms. The predicted octanol–water partition coefficient (Wildman–Crippen LogP) is -0.195. The highest BCUT2D eigenvalue weighted by molar-refractivity contribution is 6.06. The first kappa shape index (κ1) is 8.90. The van der Waals surface area contributed by atoms with E-state index in [4.69, 9.17) is 5.26 Å². The zero-order valence-corrected chi connectivity index (χ0v) is 2.49. The summed E-state index contributed by atoms with van der Waals surface area (Å²) in [6.45, 7) is 0. The Morgan fingerprint density at radius 1 is 1.75 bits per heavy atom. The SMILES string of the molecule is O.OOCl. The highest BCUT2D eigenvalue weighted by atomic mass is 35.5. The molecule has 28 valence electrons. The molecule has 0 aromatic carbocycles. The molecule has 3 N–H and O–H groups in total. The van der Waals surface area contributed by atoms with E-state index in [1.807, 2.05) is 0 Å². The van der Waals surface area contributed by atoms with Crippen molar-refractivity contribution in [1.29, 1.82) is 0 Å². The fraction of sp³-hybridized carbons (Fsp3) is 0. The van der Waals surface area contributed by atoms with Crippen LogP contribution in [0.2, 0.25) is 0 Å². The van der Waals surface area contributed by atoms with Gasteiger partial charge in [-0.15, -0.1) is 4.44 Å². The number of halogens is 1. The van der Waals surface area contributed by atoms with Gasteiger partial charge in [-0.3, -0.25) is 0 Å². The van der Waals surface area contributed by atoms with Crippen molar-refractivity contribution in [2.75, 3.05) is 0 Å². The van der Waals surface area contributed by atoms with Crippen molar-refractivity contribution < 1.29 is 15.2 Å². The third-order valence-electron chi connectivity index (χ3n) is 0. The standard InChI is InChI=1S/ClHO2.H2O/c1-3-2;/h2H;1H2. The molecule has 0 saturated carbocycles. The van der Waals surface area contributed by atoms with Crippen molar-refractivity contribution in [3.05, 3.63) is 0 Å². The summed E-state index contributed by atoms with van der Waals surface area (Å²) >= 11 is 4.05. The van der Waals surface area contributed by atoms with E-state index in [0.29, 0.717) is 0 Å². The molecule has 0 radical (unpaired) electrons. The van der Waals surface area contributed by atoms with Crippen LogP contribution in [0.1, 0.15) is 0 Å². The molecule has 0 rings (SSSR count). The Kier molecular flexibility index (Phi) is 24.3. The van der Waals surface area contributed by atoms with Crippen LogP contribution in [0.3, 0.4) is 0 Å². The van der Waals surface area contributed by atoms with Gasteiger partial charge in [0.2, 0.25) is 0 Å². The molecule has 0 unspecified atom stereocenters. The van der Waals surface area contributed by atoms with E-state index in [9.17, 15) is 0 Å². The highest BCUT2D eigenvalue weighted by Crippen LogP contribution is 1.58. The lowest BCUT2D eigenvalue weighted by molar-refractivity contribution is -0.130. The van der Waals surface area contributed by atoms with Crippen LogP contribution in [0.5, 0.6) is 0 Å². The molecular formula is H3ClO3. The van der Waals surface area contributed by atoms with E-state index in [1.54, 1.807) is 0 Å². The van der Waals surface area contributed by atoms with Crippen molar-refractivity contribution in [3.63, 3.8) is 0 Å². The molecule has 0 aliphatic carbocycles. The van der Waals surface area contributed by atoms with E-state index in [0.717, 1.165) is 0 Å². The molecule has 0 aliphatic heterocycles. The van der Waals surface area contributed by atoms with Gasteiger partial charge >= 0.3 is 0 Å². The summed E-state index contributed by atoms with van der Waals surface area (Å²) in [5.74, 6) is 0. The fourth-order valence-corrected chi connectivity index (χ4v) is 0. The minimum absolute atomic E-state index is 0. The van der Waals surface area contributed by atoms with E-state index in [1.165, 1.54) is 0 Å². The third kappa shape index (κ3) is 103. The Morgan fingerprint density at radius 3 is 1.75 bits per heavy atom. The van der Waals surface area contributed by atoms with Crippen LogP contribution in [0, 0.1) is 0 Å². The lowest BCUT2D eigenvalue weighted by atomic mass is 15.0. The summed E-state index contributed by atoms with van der Waals surface area (Å²) < 4.78 is 2.72. The molecule has 4 heteroatoms. The van der Waals surface area contributed by atoms with Crippen LogP contribution in [0.15, 0.2) is 0 Å². The summed E-state index contributed by atoms with van der Waals surface area (Å²) in [7, 11) is 0. The molecule has 0 heterocycles. The quantitative estimate of drug-likeness (QED) is 0.328. The second-order valence-electron chi connectivity index (χ2n) is 0.0690. The van der Waals surface area contributed by atoms with Gasteiger partial charge in [0.25, 0.3) is 0 Å². The molecular weight excluding hydrogens is 83.5 g/mol. The van der Waals surface area contributed by atoms with Crippen molar-refractivity contribution >= 4 is 11.9 Å². The minimum atomic E-state index is 0. The predicted molar refractivity (Wildman–Crippen MR) is 13.2 cm³/mol. The maximum atomic E-state index is 6.83. The van der Waals surface area contributed by atoms with Gasteiger partial charge in [-0.25, -0.2) is 5.26 Å². The van der Waals surface area contributed by atoms with Gasteiger partial charge in [-0.1, -0.05) is 0 Å². The maximum absolute atomic E-state index is 6.83. The topological polar surface area (TPSA) is 61.0 Å². The molecule has 0 fully saturated rings. The van der Waals surface area contributed by atoms with Crippen molar-refractivity contribution in [2.45, 2.75) is 0 Å². The Hall–Kier alpha value is 0.170. The Labute approximate surface area is 28.2 Å². The lowest BCUT2D eigenvalue weighted by Crippen LogP contribution is -1.42. The van der Waals surface area contributed by atoms with Gasteiger partial charge in [0.15, 0.2) is 0 Å². The molecule has 4 heavy (non-hydrogen) atoms. The zero-order chi connectivity index (χ0) is 2.71. The molecule has 0 spiro atoms. The van der Waals surface area contributed by atoms with Gasteiger partial charge in [0.1, 0.15) is 0 Å². The van der Waals surface area contributed by atoms with Crippen LogP contribution in [0.25, 0.3) is 0 Å². The Bertz CT molecular complexity index is 3.25. The average Bonchev–Trinajstić information content (AvgIpc) is 0.918. The minimum Gasteiger partial charge on any atom is -0.412 e. The van der Waals surface area contributed by atoms with Gasteiger partial charge in [-0.2, -0.15) is 0 Å². The first-order valence-electron chi connectivity index (χ1n) is 0.337. The molecule has 3 nitrogen and oxygen atoms in total. The van der Waals surface area contributed by atoms with Crippen LogP contribution >= 0.6 is 11.9 Å². The third-order valence-corrected chi connectivity index (χ3v) is 0. The number of rotatable bonds is 0. The average molecular weight is 86.5 g/mol. The van der Waals surface area contributed by atoms with Crippen LogP contribution in [-0.2, 0) is 4.44 Å². The van der Waals surface area contributed by atoms with Crippen LogP contribution in [0.4, 0.5) is 0 Å². The highest BCUT2D eigenvalue weighted by Gasteiger charge is 1.33. The summed E-state index contributed by atoms with van der Waals surface area (Å²) in [4.78, 5) is 0. The number of hydrogen-bond acceptors (Lipinski definition) is 2. The fourth-order valence-electron chi connectivity index (χ4n) is 0. The molecule has 0 atom stereocenters. The first-order valence-corrected chi connectivity index (χ1v) is 0.645. The molecule has 0 saturated heterocycles. The van der Waals surface area contributed by atoms with E-state index < -0.39 is 0 Å². The Morgan fingerprint density at radius 2 is 1.75 bits per heavy atom. The van der Waals surface area contributed by atoms with Crippen molar-refractivity contribution in [2.24, 2.45) is 0 Å². The largest absolute Gasteiger partial charge is 0.412 e. The maximum Gasteiger partial charge on any atom is 0.0997 e. The lowest BCUT2D eigenvalue weighted by Gasteiger charge is -1.52. The normalized spacial score (nSPS) is 4.50. The van der Waals surface area contributed by atoms with E-state index >= 15 is 0 Å². The van der Waals surface area contributed by atoms with E-state index in [2.05, 4.69) is 16.3 Å². The smallest absolute Gasteiger partial charge is 0.0997 e.